The van der Waals surface area contributed by atoms with Gasteiger partial charge in [0.15, 0.2) is 0 Å². The molecule has 0 bridgehead atoms. The minimum atomic E-state index is 0.0730. The molecule has 1 rings (SSSR count). The third-order valence-corrected chi connectivity index (χ3v) is 1.82. The van der Waals surface area contributed by atoms with Gasteiger partial charge in [0.05, 0.1) is 19.8 Å². The van der Waals surface area contributed by atoms with E-state index < -0.39 is 0 Å². The van der Waals surface area contributed by atoms with Crippen LogP contribution in [0.1, 0.15) is 6.92 Å². The summed E-state index contributed by atoms with van der Waals surface area (Å²) < 4.78 is 7.12. The minimum absolute atomic E-state index is 0.0730. The Morgan fingerprint density at radius 1 is 1.57 bits per heavy atom. The quantitative estimate of drug-likeness (QED) is 0.621. The number of imidazole rings is 1. The van der Waals surface area contributed by atoms with Gasteiger partial charge < -0.3 is 19.7 Å². The van der Waals surface area contributed by atoms with Gasteiger partial charge in [0, 0.05) is 25.5 Å². The van der Waals surface area contributed by atoms with Crippen molar-refractivity contribution in [2.75, 3.05) is 31.7 Å². The number of anilines is 1. The Morgan fingerprint density at radius 2 is 2.43 bits per heavy atom. The summed E-state index contributed by atoms with van der Waals surface area (Å²) in [6.07, 6.45) is 3.69. The maximum atomic E-state index is 8.47. The van der Waals surface area contributed by atoms with Crippen molar-refractivity contribution >= 4 is 5.95 Å². The van der Waals surface area contributed by atoms with Gasteiger partial charge in [-0.1, -0.05) is 0 Å². The van der Waals surface area contributed by atoms with Crippen LogP contribution in [0.25, 0.3) is 0 Å². The number of aryl methyl sites for hydroxylation is 1. The summed E-state index contributed by atoms with van der Waals surface area (Å²) in [4.78, 5) is 4.15. The molecule has 0 aliphatic heterocycles. The van der Waals surface area contributed by atoms with Crippen LogP contribution in [-0.4, -0.2) is 41.0 Å². The molecular weight excluding hydrogens is 182 g/mol. The van der Waals surface area contributed by atoms with Crippen LogP contribution in [0, 0.1) is 0 Å². The molecule has 1 heterocycles. The Labute approximate surface area is 83.7 Å². The second-order valence-corrected chi connectivity index (χ2v) is 2.80. The maximum absolute atomic E-state index is 8.47. The molecular formula is C9H17N3O2. The molecule has 0 aliphatic carbocycles. The second kappa shape index (κ2) is 6.39. The van der Waals surface area contributed by atoms with Gasteiger partial charge in [-0.3, -0.25) is 0 Å². The molecule has 0 radical (unpaired) electrons. The summed E-state index contributed by atoms with van der Waals surface area (Å²) in [5.41, 5.74) is 0. The van der Waals surface area contributed by atoms with Gasteiger partial charge in [0.2, 0.25) is 5.95 Å². The maximum Gasteiger partial charge on any atom is 0.202 e. The van der Waals surface area contributed by atoms with Crippen LogP contribution in [0.5, 0.6) is 0 Å². The standard InChI is InChI=1S/C9H17N3O2/c1-2-12-5-3-10-9(12)11-4-7-14-8-6-13/h3,5,13H,2,4,6-8H2,1H3,(H,10,11). The second-order valence-electron chi connectivity index (χ2n) is 2.80. The van der Waals surface area contributed by atoms with Gasteiger partial charge in [-0.25, -0.2) is 4.98 Å². The lowest BCUT2D eigenvalue weighted by atomic mass is 10.6. The Hall–Kier alpha value is -1.07. The number of aliphatic hydroxyl groups excluding tert-OH is 1. The molecule has 0 saturated carbocycles. The third kappa shape index (κ3) is 3.35. The monoisotopic (exact) mass is 199 g/mol. The molecule has 0 spiro atoms. The molecule has 2 N–H and O–H groups in total. The van der Waals surface area contributed by atoms with E-state index in [9.17, 15) is 0 Å². The number of rotatable bonds is 7. The zero-order valence-electron chi connectivity index (χ0n) is 8.44. The highest BCUT2D eigenvalue weighted by Gasteiger charge is 1.98. The van der Waals surface area contributed by atoms with Gasteiger partial charge in [0.1, 0.15) is 0 Å². The van der Waals surface area contributed by atoms with Gasteiger partial charge in [-0.2, -0.15) is 0 Å². The van der Waals surface area contributed by atoms with Crippen LogP contribution in [0.4, 0.5) is 5.95 Å². The van der Waals surface area contributed by atoms with Gasteiger partial charge in [0.25, 0.3) is 0 Å². The molecule has 80 valence electrons. The van der Waals surface area contributed by atoms with E-state index in [0.29, 0.717) is 19.8 Å². The number of hydrogen-bond donors (Lipinski definition) is 2. The lowest BCUT2D eigenvalue weighted by Crippen LogP contribution is -2.14. The SMILES string of the molecule is CCn1ccnc1NCCOCCO. The summed E-state index contributed by atoms with van der Waals surface area (Å²) in [7, 11) is 0. The highest BCUT2D eigenvalue weighted by molar-refractivity contribution is 5.25. The number of hydrogen-bond acceptors (Lipinski definition) is 4. The molecule has 14 heavy (non-hydrogen) atoms. The molecule has 0 aliphatic rings. The van der Waals surface area contributed by atoms with Crippen LogP contribution in [0.2, 0.25) is 0 Å². The van der Waals surface area contributed by atoms with Crippen molar-refractivity contribution < 1.29 is 9.84 Å². The van der Waals surface area contributed by atoms with Gasteiger partial charge in [-0.05, 0) is 6.92 Å². The zero-order valence-corrected chi connectivity index (χ0v) is 8.44. The summed E-state index contributed by atoms with van der Waals surface area (Å²) in [6.45, 7) is 4.72. The van der Waals surface area contributed by atoms with Crippen molar-refractivity contribution in [3.8, 4) is 0 Å². The van der Waals surface area contributed by atoms with Crippen LogP contribution in [0.15, 0.2) is 12.4 Å². The minimum Gasteiger partial charge on any atom is -0.394 e. The fourth-order valence-corrected chi connectivity index (χ4v) is 1.13. The van der Waals surface area contributed by atoms with Crippen molar-refractivity contribution in [1.29, 1.82) is 0 Å². The van der Waals surface area contributed by atoms with E-state index in [1.54, 1.807) is 6.20 Å². The first kappa shape index (κ1) is 11.0. The lowest BCUT2D eigenvalue weighted by molar-refractivity contribution is 0.0991. The van der Waals surface area contributed by atoms with E-state index in [4.69, 9.17) is 9.84 Å². The van der Waals surface area contributed by atoms with Crippen molar-refractivity contribution in [3.63, 3.8) is 0 Å². The Morgan fingerprint density at radius 3 is 3.14 bits per heavy atom. The lowest BCUT2D eigenvalue weighted by Gasteiger charge is -2.07. The fourth-order valence-electron chi connectivity index (χ4n) is 1.13. The summed E-state index contributed by atoms with van der Waals surface area (Å²) in [6, 6.07) is 0. The average molecular weight is 199 g/mol. The van der Waals surface area contributed by atoms with Crippen LogP contribution < -0.4 is 5.32 Å². The number of aliphatic hydroxyl groups is 1. The molecule has 5 nitrogen and oxygen atoms in total. The zero-order chi connectivity index (χ0) is 10.2. The van der Waals surface area contributed by atoms with Crippen LogP contribution in [0.3, 0.4) is 0 Å². The summed E-state index contributed by atoms with van der Waals surface area (Å²) >= 11 is 0. The van der Waals surface area contributed by atoms with E-state index >= 15 is 0 Å². The predicted molar refractivity (Wildman–Crippen MR) is 54.3 cm³/mol. The molecule has 1 aromatic rings. The Kier molecular flexibility index (Phi) is 5.03. The highest BCUT2D eigenvalue weighted by Crippen LogP contribution is 2.02. The molecule has 1 aromatic heterocycles. The van der Waals surface area contributed by atoms with Crippen molar-refractivity contribution in [1.82, 2.24) is 9.55 Å². The number of nitrogens with one attached hydrogen (secondary N) is 1. The number of aromatic nitrogens is 2. The molecule has 0 atom stereocenters. The van der Waals surface area contributed by atoms with E-state index in [-0.39, 0.29) is 6.61 Å². The molecule has 0 amide bonds. The fraction of sp³-hybridized carbons (Fsp3) is 0.667. The molecule has 0 saturated heterocycles. The van der Waals surface area contributed by atoms with Crippen LogP contribution in [-0.2, 0) is 11.3 Å². The third-order valence-electron chi connectivity index (χ3n) is 1.82. The highest BCUT2D eigenvalue weighted by atomic mass is 16.5. The first-order chi connectivity index (χ1) is 6.88. The van der Waals surface area contributed by atoms with Crippen molar-refractivity contribution in [2.45, 2.75) is 13.5 Å². The first-order valence-electron chi connectivity index (χ1n) is 4.82. The molecule has 0 fully saturated rings. The normalized spacial score (nSPS) is 10.4. The van der Waals surface area contributed by atoms with Crippen molar-refractivity contribution in [2.24, 2.45) is 0 Å². The van der Waals surface area contributed by atoms with Crippen molar-refractivity contribution in [3.05, 3.63) is 12.4 Å². The molecule has 5 heteroatoms. The summed E-state index contributed by atoms with van der Waals surface area (Å²) in [5, 5.41) is 11.6. The van der Waals surface area contributed by atoms with E-state index in [1.165, 1.54) is 0 Å². The van der Waals surface area contributed by atoms with E-state index in [2.05, 4.69) is 17.2 Å². The number of ether oxygens (including phenoxy) is 1. The molecule has 0 aromatic carbocycles. The smallest absolute Gasteiger partial charge is 0.202 e. The Bertz CT molecular complexity index is 250. The van der Waals surface area contributed by atoms with Gasteiger partial charge >= 0.3 is 0 Å². The van der Waals surface area contributed by atoms with E-state index in [0.717, 1.165) is 12.5 Å². The first-order valence-corrected chi connectivity index (χ1v) is 4.82. The predicted octanol–water partition coefficient (Wildman–Crippen LogP) is 0.324. The average Bonchev–Trinajstić information content (AvgIpc) is 2.65. The van der Waals surface area contributed by atoms with Gasteiger partial charge in [-0.15, -0.1) is 0 Å². The number of nitrogens with zero attached hydrogens (tertiary/aromatic N) is 2. The van der Waals surface area contributed by atoms with Crippen LogP contribution >= 0.6 is 0 Å². The topological polar surface area (TPSA) is 59.3 Å². The largest absolute Gasteiger partial charge is 0.394 e. The Balaban J connectivity index is 2.17. The molecule has 0 unspecified atom stereocenters. The van der Waals surface area contributed by atoms with E-state index in [1.807, 2.05) is 10.8 Å². The summed E-state index contributed by atoms with van der Waals surface area (Å²) in [5.74, 6) is 0.861.